The van der Waals surface area contributed by atoms with Gasteiger partial charge in [0.25, 0.3) is 0 Å². The zero-order valence-electron chi connectivity index (χ0n) is 41.7. The summed E-state index contributed by atoms with van der Waals surface area (Å²) in [6, 6.07) is 31.6. The third-order valence-corrected chi connectivity index (χ3v) is 16.8. The molecular weight excluding hydrogens is 867 g/mol. The highest BCUT2D eigenvalue weighted by Crippen LogP contribution is 2.40. The summed E-state index contributed by atoms with van der Waals surface area (Å²) in [6.45, 7) is 23.0. The Bertz CT molecular complexity index is 2720. The molecule has 4 heterocycles. The number of likely N-dealkylation sites (tertiary alicyclic amines) is 1. The molecule has 8 rings (SSSR count). The second-order valence-electron chi connectivity index (χ2n) is 21.0. The number of aromatic nitrogens is 4. The molecule has 0 radical (unpaired) electrons. The lowest BCUT2D eigenvalue weighted by Gasteiger charge is -2.34. The number of methoxy groups -OCH3 is 1. The minimum absolute atomic E-state index is 0.0220. The number of aromatic amines is 2. The highest BCUT2D eigenvalue weighted by Gasteiger charge is 2.46. The number of likely N-dealkylation sites (N-methyl/N-ethyl adjacent to an activating group) is 1. The van der Waals surface area contributed by atoms with E-state index in [1.165, 1.54) is 12.7 Å². The number of anilines is 1. The lowest BCUT2D eigenvalue weighted by molar-refractivity contribution is -0.138. The second-order valence-corrected chi connectivity index (χ2v) is 26.1. The highest BCUT2D eigenvalue weighted by atomic mass is 28.3. The van der Waals surface area contributed by atoms with Crippen LogP contribution in [0, 0.1) is 5.92 Å². The van der Waals surface area contributed by atoms with Gasteiger partial charge in [-0.1, -0.05) is 116 Å². The first-order valence-corrected chi connectivity index (χ1v) is 27.9. The maximum absolute atomic E-state index is 14.8. The van der Waals surface area contributed by atoms with E-state index in [4.69, 9.17) is 14.7 Å². The van der Waals surface area contributed by atoms with Crippen molar-refractivity contribution >= 4 is 53.7 Å². The van der Waals surface area contributed by atoms with Crippen molar-refractivity contribution in [2.75, 3.05) is 37.8 Å². The van der Waals surface area contributed by atoms with E-state index in [2.05, 4.69) is 150 Å². The fraction of sp³-hybridized carbons (Fsp3) is 0.463. The van der Waals surface area contributed by atoms with E-state index in [1.807, 2.05) is 36.9 Å². The number of ether oxygens (including phenoxy) is 1. The molecule has 0 aliphatic carbocycles. The van der Waals surface area contributed by atoms with Gasteiger partial charge in [0.2, 0.25) is 11.8 Å². The summed E-state index contributed by atoms with van der Waals surface area (Å²) in [5.74, 6) is 1.52. The van der Waals surface area contributed by atoms with Crippen LogP contribution < -0.4 is 10.2 Å². The van der Waals surface area contributed by atoms with Crippen LogP contribution in [0.15, 0.2) is 91.0 Å². The first-order valence-electron chi connectivity index (χ1n) is 24.5. The molecule has 3 amide bonds. The van der Waals surface area contributed by atoms with Crippen molar-refractivity contribution in [1.82, 2.24) is 40.0 Å². The Morgan fingerprint density at radius 2 is 1.40 bits per heavy atom. The highest BCUT2D eigenvalue weighted by molar-refractivity contribution is 6.78. The number of imidazole rings is 2. The molecule has 4 aromatic carbocycles. The first kappa shape index (κ1) is 48.5. The number of hydrogen-bond acceptors (Lipinski definition) is 8. The van der Waals surface area contributed by atoms with Gasteiger partial charge in [0.15, 0.2) is 0 Å². The van der Waals surface area contributed by atoms with Crippen LogP contribution in [0.25, 0.3) is 22.1 Å². The number of nitrogens with one attached hydrogen (secondary N) is 3. The molecule has 2 saturated heterocycles. The van der Waals surface area contributed by atoms with Crippen molar-refractivity contribution in [2.45, 2.75) is 123 Å². The Kier molecular flexibility index (Phi) is 14.2. The van der Waals surface area contributed by atoms with Crippen LogP contribution in [-0.2, 0) is 32.8 Å². The third kappa shape index (κ3) is 10.4. The summed E-state index contributed by atoms with van der Waals surface area (Å²) < 4.78 is 4.83. The van der Waals surface area contributed by atoms with E-state index in [-0.39, 0.29) is 41.3 Å². The van der Waals surface area contributed by atoms with E-state index in [0.29, 0.717) is 19.6 Å². The van der Waals surface area contributed by atoms with E-state index in [9.17, 15) is 14.4 Å². The molecule has 360 valence electrons. The minimum atomic E-state index is -1.75. The molecule has 2 fully saturated rings. The van der Waals surface area contributed by atoms with Crippen LogP contribution >= 0.6 is 0 Å². The van der Waals surface area contributed by atoms with Crippen LogP contribution in [0.5, 0.6) is 0 Å². The molecule has 3 N–H and O–H groups in total. The van der Waals surface area contributed by atoms with E-state index in [1.54, 1.807) is 0 Å². The third-order valence-electron chi connectivity index (χ3n) is 14.1. The molecule has 0 spiro atoms. The zero-order valence-corrected chi connectivity index (χ0v) is 42.7. The van der Waals surface area contributed by atoms with Gasteiger partial charge in [-0.05, 0) is 102 Å². The van der Waals surface area contributed by atoms with Gasteiger partial charge in [-0.3, -0.25) is 14.5 Å². The van der Waals surface area contributed by atoms with Gasteiger partial charge in [-0.15, -0.1) is 0 Å². The van der Waals surface area contributed by atoms with Gasteiger partial charge in [0, 0.05) is 31.5 Å². The van der Waals surface area contributed by atoms with Crippen molar-refractivity contribution in [3.63, 3.8) is 0 Å². The fourth-order valence-corrected chi connectivity index (χ4v) is 13.2. The molecule has 0 bridgehead atoms. The van der Waals surface area contributed by atoms with Crippen LogP contribution in [0.3, 0.4) is 0 Å². The van der Waals surface area contributed by atoms with E-state index >= 15 is 0 Å². The standard InChI is InChI=1S/C54H71N9O4Si/c1-11-60(12-2)48(38-17-14-13-15-18-38)52(65)63-34-68(9,10)33-46(63)50-56-42-27-21-37(30-44(42)58-50)32-61(40-24-22-39(23-25-40)54(5,6)7)31-36-20-26-41-43(29-36)57-49(55-41)45-19-16-28-62(45)51(64)47(35(3)4)59-53(66)67-8/h13-15,17-18,20-27,29-30,35,45-48H,11-12,16,19,28,31-34H2,1-10H3,(H,55,57)(H,56,58)(H,59,66)/t45-,46-,47-,48+/m0/s1. The molecule has 2 aliphatic rings. The molecule has 14 heteroatoms. The van der Waals surface area contributed by atoms with E-state index in [0.717, 1.165) is 94.2 Å². The Morgan fingerprint density at radius 3 is 1.94 bits per heavy atom. The number of alkyl carbamates (subject to hydrolysis) is 1. The summed E-state index contributed by atoms with van der Waals surface area (Å²) in [5, 5.41) is 2.75. The summed E-state index contributed by atoms with van der Waals surface area (Å²) in [6.07, 6.45) is 1.81. The number of carbonyl (C=O) groups excluding carboxylic acids is 3. The fourth-order valence-electron chi connectivity index (χ4n) is 10.3. The number of rotatable bonds is 15. The number of nitrogens with zero attached hydrogens (tertiary/aromatic N) is 6. The smallest absolute Gasteiger partial charge is 0.407 e. The van der Waals surface area contributed by atoms with Gasteiger partial charge in [-0.25, -0.2) is 14.8 Å². The maximum atomic E-state index is 14.8. The predicted octanol–water partition coefficient (Wildman–Crippen LogP) is 10.2. The van der Waals surface area contributed by atoms with Gasteiger partial charge in [0.05, 0.1) is 49.3 Å². The van der Waals surface area contributed by atoms with Crippen LogP contribution in [0.1, 0.15) is 113 Å². The monoisotopic (exact) mass is 938 g/mol. The lowest BCUT2D eigenvalue weighted by atomic mass is 9.87. The molecule has 2 aliphatic heterocycles. The summed E-state index contributed by atoms with van der Waals surface area (Å²) >= 11 is 0. The van der Waals surface area contributed by atoms with Gasteiger partial charge < -0.3 is 34.7 Å². The molecule has 13 nitrogen and oxygen atoms in total. The Labute approximate surface area is 403 Å². The van der Waals surface area contributed by atoms with Crippen LogP contribution in [0.2, 0.25) is 19.1 Å². The molecule has 4 atom stereocenters. The Balaban J connectivity index is 1.06. The molecule has 6 aromatic rings. The van der Waals surface area contributed by atoms with Crippen molar-refractivity contribution in [1.29, 1.82) is 0 Å². The number of benzene rings is 4. The van der Waals surface area contributed by atoms with Crippen molar-refractivity contribution < 1.29 is 19.1 Å². The van der Waals surface area contributed by atoms with Gasteiger partial charge >= 0.3 is 6.09 Å². The van der Waals surface area contributed by atoms with Gasteiger partial charge in [0.1, 0.15) is 23.7 Å². The van der Waals surface area contributed by atoms with Crippen molar-refractivity contribution in [3.05, 3.63) is 125 Å². The molecular formula is C54H71N9O4Si. The topological polar surface area (TPSA) is 143 Å². The van der Waals surface area contributed by atoms with Crippen molar-refractivity contribution in [3.8, 4) is 0 Å². The summed E-state index contributed by atoms with van der Waals surface area (Å²) in [4.78, 5) is 67.0. The number of hydrogen-bond donors (Lipinski definition) is 3. The number of amides is 3. The molecule has 0 saturated carbocycles. The van der Waals surface area contributed by atoms with Crippen LogP contribution in [0.4, 0.5) is 10.5 Å². The second kappa shape index (κ2) is 19.9. The number of H-pyrrole nitrogens is 2. The maximum Gasteiger partial charge on any atom is 0.407 e. The Hall–Kier alpha value is -5.99. The largest absolute Gasteiger partial charge is 0.453 e. The van der Waals surface area contributed by atoms with Crippen LogP contribution in [-0.4, -0.2) is 99.6 Å². The average Bonchev–Trinajstić information content (AvgIpc) is 4.13. The number of fused-ring (bicyclic) bond motifs is 2. The van der Waals surface area contributed by atoms with Crippen molar-refractivity contribution in [2.24, 2.45) is 5.92 Å². The Morgan fingerprint density at radius 1 is 0.809 bits per heavy atom. The zero-order chi connectivity index (χ0) is 48.5. The summed E-state index contributed by atoms with van der Waals surface area (Å²) in [7, 11) is -0.442. The molecule has 2 aromatic heterocycles. The summed E-state index contributed by atoms with van der Waals surface area (Å²) in [5.41, 5.74) is 9.33. The molecule has 0 unspecified atom stereocenters. The van der Waals surface area contributed by atoms with E-state index < -0.39 is 20.2 Å². The number of carbonyl (C=O) groups is 3. The lowest BCUT2D eigenvalue weighted by Crippen LogP contribution is -2.51. The molecule has 68 heavy (non-hydrogen) atoms. The predicted molar refractivity (Wildman–Crippen MR) is 274 cm³/mol. The normalized spacial score (nSPS) is 18.2. The SMILES string of the molecule is CCN(CC)[C@@H](C(=O)N1C[Si](C)(C)C[C@H]1c1nc2ccc(CN(Cc3ccc4nc([C@@H]5CCCN5C(=O)[C@@H](NC(=O)OC)C(C)C)[nH]c4c3)c3ccc(C(C)(C)C)cc3)cc2[nH]1)c1ccccc1. The first-order chi connectivity index (χ1) is 32.5. The average molecular weight is 938 g/mol. The minimum Gasteiger partial charge on any atom is -0.453 e. The quantitative estimate of drug-likeness (QED) is 0.0864. The van der Waals surface area contributed by atoms with Gasteiger partial charge in [-0.2, -0.15) is 0 Å².